The summed E-state index contributed by atoms with van der Waals surface area (Å²) in [4.78, 5) is 4.00. The Balaban J connectivity index is 0.00000200. The second kappa shape index (κ2) is 7.84. The van der Waals surface area contributed by atoms with Crippen molar-refractivity contribution in [1.82, 2.24) is 4.98 Å². The van der Waals surface area contributed by atoms with E-state index in [9.17, 15) is 13.2 Å². The summed E-state index contributed by atoms with van der Waals surface area (Å²) in [6.45, 7) is -0.206. The van der Waals surface area contributed by atoms with E-state index in [4.69, 9.17) is 17.3 Å². The summed E-state index contributed by atoms with van der Waals surface area (Å²) in [5, 5.41) is 0.512. The minimum atomic E-state index is -4.45. The third-order valence-corrected chi connectivity index (χ3v) is 2.90. The summed E-state index contributed by atoms with van der Waals surface area (Å²) >= 11 is 5.73. The van der Waals surface area contributed by atoms with E-state index in [-0.39, 0.29) is 42.6 Å². The van der Waals surface area contributed by atoms with Crippen molar-refractivity contribution in [1.29, 1.82) is 0 Å². The second-order valence-electron chi connectivity index (χ2n) is 3.94. The largest absolute Gasteiger partial charge is 0.416 e. The number of nitrogens with two attached hydrogens (primary N) is 1. The molecule has 0 fully saturated rings. The summed E-state index contributed by atoms with van der Waals surface area (Å²) in [5.74, 6) is 0. The molecule has 1 heterocycles. The molecule has 0 bridgehead atoms. The third kappa shape index (κ3) is 4.74. The molecule has 0 aliphatic carbocycles. The number of benzene rings is 1. The lowest BCUT2D eigenvalue weighted by molar-refractivity contribution is -0.138. The molecule has 2 rings (SSSR count). The van der Waals surface area contributed by atoms with Gasteiger partial charge in [0.1, 0.15) is 0 Å². The Morgan fingerprint density at radius 3 is 2.14 bits per heavy atom. The predicted molar refractivity (Wildman–Crippen MR) is 82.1 cm³/mol. The molecule has 0 radical (unpaired) electrons. The van der Waals surface area contributed by atoms with Gasteiger partial charge in [0.05, 0.1) is 11.3 Å². The zero-order chi connectivity index (χ0) is 14.0. The minimum absolute atomic E-state index is 0. The number of nitrogens with zero attached hydrogens (tertiary/aromatic N) is 1. The SMILES string of the molecule is Cl.Cl.NCc1cnc(-c2ccc(Cl)cc2)cc1C(F)(F)F. The number of pyridine rings is 1. The van der Waals surface area contributed by atoms with Crippen molar-refractivity contribution in [3.63, 3.8) is 0 Å². The van der Waals surface area contributed by atoms with Crippen molar-refractivity contribution in [2.45, 2.75) is 12.7 Å². The van der Waals surface area contributed by atoms with Crippen molar-refractivity contribution >= 4 is 36.4 Å². The van der Waals surface area contributed by atoms with Gasteiger partial charge in [-0.05, 0) is 23.8 Å². The lowest BCUT2D eigenvalue weighted by Crippen LogP contribution is -2.12. The highest BCUT2D eigenvalue weighted by atomic mass is 35.5. The molecule has 116 valence electrons. The van der Waals surface area contributed by atoms with Crippen LogP contribution in [0.1, 0.15) is 11.1 Å². The van der Waals surface area contributed by atoms with Crippen molar-refractivity contribution in [2.75, 3.05) is 0 Å². The quantitative estimate of drug-likeness (QED) is 0.842. The van der Waals surface area contributed by atoms with Gasteiger partial charge in [-0.15, -0.1) is 24.8 Å². The molecule has 0 unspecified atom stereocenters. The molecule has 1 aromatic carbocycles. The average molecular weight is 360 g/mol. The lowest BCUT2D eigenvalue weighted by Gasteiger charge is -2.13. The molecule has 2 aromatic rings. The summed E-state index contributed by atoms with van der Waals surface area (Å²) < 4.78 is 38.7. The maximum atomic E-state index is 12.9. The van der Waals surface area contributed by atoms with E-state index in [1.807, 2.05) is 0 Å². The van der Waals surface area contributed by atoms with Crippen LogP contribution < -0.4 is 5.73 Å². The Hall–Kier alpha value is -1.01. The van der Waals surface area contributed by atoms with Gasteiger partial charge in [0.2, 0.25) is 0 Å². The smallest absolute Gasteiger partial charge is 0.326 e. The predicted octanol–water partition coefficient (Wildman–Crippen LogP) is 4.72. The number of hydrogen-bond donors (Lipinski definition) is 1. The first-order valence-corrected chi connectivity index (χ1v) is 5.81. The van der Waals surface area contributed by atoms with Crippen molar-refractivity contribution in [3.05, 3.63) is 52.7 Å². The lowest BCUT2D eigenvalue weighted by atomic mass is 10.0. The highest BCUT2D eigenvalue weighted by Gasteiger charge is 2.33. The summed E-state index contributed by atoms with van der Waals surface area (Å²) in [7, 11) is 0. The fourth-order valence-electron chi connectivity index (χ4n) is 1.69. The first kappa shape index (κ1) is 20.0. The average Bonchev–Trinajstić information content (AvgIpc) is 2.38. The Morgan fingerprint density at radius 2 is 1.67 bits per heavy atom. The van der Waals surface area contributed by atoms with Crippen LogP contribution in [0.2, 0.25) is 5.02 Å². The third-order valence-electron chi connectivity index (χ3n) is 2.65. The van der Waals surface area contributed by atoms with Crippen LogP contribution in [0.15, 0.2) is 36.5 Å². The standard InChI is InChI=1S/C13H10ClF3N2.2ClH/c14-10-3-1-8(2-4-10)12-5-11(13(15,16)17)9(6-18)7-19-12;;/h1-5,7H,6,18H2;2*1H. The van der Waals surface area contributed by atoms with Gasteiger partial charge in [-0.1, -0.05) is 23.7 Å². The number of rotatable bonds is 2. The summed E-state index contributed by atoms with van der Waals surface area (Å²) in [5.41, 5.74) is 5.33. The van der Waals surface area contributed by atoms with Gasteiger partial charge >= 0.3 is 6.18 Å². The number of hydrogen-bond acceptors (Lipinski definition) is 2. The molecule has 21 heavy (non-hydrogen) atoms. The minimum Gasteiger partial charge on any atom is -0.326 e. The van der Waals surface area contributed by atoms with E-state index in [1.165, 1.54) is 0 Å². The zero-order valence-corrected chi connectivity index (χ0v) is 12.9. The van der Waals surface area contributed by atoms with E-state index >= 15 is 0 Å². The molecule has 0 aliphatic rings. The monoisotopic (exact) mass is 358 g/mol. The van der Waals surface area contributed by atoms with Gasteiger partial charge in [0, 0.05) is 23.3 Å². The van der Waals surface area contributed by atoms with Crippen molar-refractivity contribution in [2.24, 2.45) is 5.73 Å². The number of aromatic nitrogens is 1. The van der Waals surface area contributed by atoms with E-state index in [0.717, 1.165) is 12.3 Å². The van der Waals surface area contributed by atoms with Gasteiger partial charge in [0.25, 0.3) is 0 Å². The normalized spacial score (nSPS) is 10.5. The molecule has 1 aromatic heterocycles. The zero-order valence-electron chi connectivity index (χ0n) is 10.5. The molecule has 0 spiro atoms. The van der Waals surface area contributed by atoms with Crippen LogP contribution in [-0.4, -0.2) is 4.98 Å². The van der Waals surface area contributed by atoms with Crippen LogP contribution in [0.5, 0.6) is 0 Å². The van der Waals surface area contributed by atoms with E-state index in [0.29, 0.717) is 10.6 Å². The molecule has 0 amide bonds. The van der Waals surface area contributed by atoms with Crippen LogP contribution in [0.25, 0.3) is 11.3 Å². The fourth-order valence-corrected chi connectivity index (χ4v) is 1.81. The summed E-state index contributed by atoms with van der Waals surface area (Å²) in [6, 6.07) is 7.44. The van der Waals surface area contributed by atoms with Gasteiger partial charge in [0.15, 0.2) is 0 Å². The Labute approximate surface area is 137 Å². The summed E-state index contributed by atoms with van der Waals surface area (Å²) in [6.07, 6.45) is -3.29. The molecule has 0 aliphatic heterocycles. The second-order valence-corrected chi connectivity index (χ2v) is 4.37. The Bertz CT molecular complexity index is 586. The Kier molecular flexibility index (Phi) is 7.47. The van der Waals surface area contributed by atoms with Crippen LogP contribution in [-0.2, 0) is 12.7 Å². The number of halogens is 6. The van der Waals surface area contributed by atoms with Crippen LogP contribution in [0.4, 0.5) is 13.2 Å². The highest BCUT2D eigenvalue weighted by Crippen LogP contribution is 2.34. The van der Waals surface area contributed by atoms with Gasteiger partial charge in [-0.2, -0.15) is 13.2 Å². The van der Waals surface area contributed by atoms with Crippen LogP contribution >= 0.6 is 36.4 Å². The first-order valence-electron chi connectivity index (χ1n) is 5.44. The fraction of sp³-hybridized carbons (Fsp3) is 0.154. The Morgan fingerprint density at radius 1 is 1.10 bits per heavy atom. The molecule has 2 N–H and O–H groups in total. The first-order chi connectivity index (χ1) is 8.91. The maximum Gasteiger partial charge on any atom is 0.416 e. The van der Waals surface area contributed by atoms with Gasteiger partial charge in [-0.25, -0.2) is 0 Å². The van der Waals surface area contributed by atoms with Crippen molar-refractivity contribution in [3.8, 4) is 11.3 Å². The molecular weight excluding hydrogens is 348 g/mol. The van der Waals surface area contributed by atoms with E-state index in [1.54, 1.807) is 24.3 Å². The topological polar surface area (TPSA) is 38.9 Å². The van der Waals surface area contributed by atoms with E-state index < -0.39 is 11.7 Å². The molecule has 0 saturated heterocycles. The molecule has 2 nitrogen and oxygen atoms in total. The molecule has 0 atom stereocenters. The number of alkyl halides is 3. The van der Waals surface area contributed by atoms with Gasteiger partial charge in [-0.3, -0.25) is 4.98 Å². The van der Waals surface area contributed by atoms with Crippen LogP contribution in [0, 0.1) is 0 Å². The molecule has 0 saturated carbocycles. The van der Waals surface area contributed by atoms with Gasteiger partial charge < -0.3 is 5.73 Å². The molecule has 8 heteroatoms. The van der Waals surface area contributed by atoms with E-state index in [2.05, 4.69) is 4.98 Å². The van der Waals surface area contributed by atoms with Crippen molar-refractivity contribution < 1.29 is 13.2 Å². The maximum absolute atomic E-state index is 12.9. The highest BCUT2D eigenvalue weighted by molar-refractivity contribution is 6.30. The van der Waals surface area contributed by atoms with Crippen LogP contribution in [0.3, 0.4) is 0 Å². The molecular formula is C13H12Cl3F3N2.